The molecule has 2 aliphatic rings. The van der Waals surface area contributed by atoms with Crippen molar-refractivity contribution in [2.24, 2.45) is 11.7 Å². The maximum atomic E-state index is 14.2. The van der Waals surface area contributed by atoms with Crippen molar-refractivity contribution in [3.8, 4) is 17.2 Å². The minimum atomic E-state index is -1.19. The van der Waals surface area contributed by atoms with Crippen molar-refractivity contribution in [3.63, 3.8) is 0 Å². The standard InChI is InChI=1S/C26H39N3O7/c1-34-20-13-17(14-21(35-2)23(20)36-3)22(16-9-5-4-6-10-16)26(33)29-12-8-7-11-19(29)25(32)28-18(15-30)24(27)31/h13-14,16,18-19,22,30H,4-12,15H2,1-3H3,(H2,27,31)(H,28,32)/t18-,19?,22+/m1/s1. The van der Waals surface area contributed by atoms with E-state index in [4.69, 9.17) is 19.9 Å². The van der Waals surface area contributed by atoms with Crippen LogP contribution in [0.4, 0.5) is 0 Å². The topological polar surface area (TPSA) is 140 Å². The molecule has 0 spiro atoms. The predicted octanol–water partition coefficient (Wildman–Crippen LogP) is 1.72. The van der Waals surface area contributed by atoms with Crippen LogP contribution in [0.5, 0.6) is 17.2 Å². The molecule has 1 unspecified atom stereocenters. The number of piperidine rings is 1. The molecule has 1 aromatic rings. The van der Waals surface area contributed by atoms with Gasteiger partial charge in [0.1, 0.15) is 12.1 Å². The highest BCUT2D eigenvalue weighted by Gasteiger charge is 2.40. The Bertz CT molecular complexity index is 907. The van der Waals surface area contributed by atoms with Crippen LogP contribution in [-0.4, -0.2) is 74.3 Å². The Hall–Kier alpha value is -3.01. The van der Waals surface area contributed by atoms with Crippen LogP contribution in [-0.2, 0) is 14.4 Å². The molecule has 1 aliphatic heterocycles. The summed E-state index contributed by atoms with van der Waals surface area (Å²) in [5, 5.41) is 12.0. The Labute approximate surface area is 212 Å². The first kappa shape index (κ1) is 27.6. The average Bonchev–Trinajstić information content (AvgIpc) is 2.91. The molecule has 1 heterocycles. The van der Waals surface area contributed by atoms with Crippen molar-refractivity contribution in [3.05, 3.63) is 17.7 Å². The van der Waals surface area contributed by atoms with Crippen LogP contribution in [0.25, 0.3) is 0 Å². The number of nitrogens with two attached hydrogens (primary N) is 1. The van der Waals surface area contributed by atoms with Crippen LogP contribution in [0.3, 0.4) is 0 Å². The first-order valence-corrected chi connectivity index (χ1v) is 12.7. The summed E-state index contributed by atoms with van der Waals surface area (Å²) in [5.74, 6) is -0.412. The Kier molecular flexibility index (Phi) is 9.81. The second-order valence-corrected chi connectivity index (χ2v) is 9.52. The number of ether oxygens (including phenoxy) is 3. The number of primary amides is 1. The van der Waals surface area contributed by atoms with Gasteiger partial charge in [-0.1, -0.05) is 19.3 Å². The molecule has 1 aliphatic carbocycles. The minimum absolute atomic E-state index is 0.107. The lowest BCUT2D eigenvalue weighted by molar-refractivity contribution is -0.145. The van der Waals surface area contributed by atoms with E-state index in [2.05, 4.69) is 5.32 Å². The Morgan fingerprint density at radius 2 is 1.61 bits per heavy atom. The predicted molar refractivity (Wildman–Crippen MR) is 133 cm³/mol. The fourth-order valence-electron chi connectivity index (χ4n) is 5.49. The van der Waals surface area contributed by atoms with Gasteiger partial charge in [0.25, 0.3) is 0 Å². The number of hydrogen-bond donors (Lipinski definition) is 3. The van der Waals surface area contributed by atoms with Gasteiger partial charge in [-0.15, -0.1) is 0 Å². The molecule has 200 valence electrons. The van der Waals surface area contributed by atoms with E-state index in [1.807, 2.05) is 12.1 Å². The van der Waals surface area contributed by atoms with Crippen LogP contribution in [0.15, 0.2) is 12.1 Å². The lowest BCUT2D eigenvalue weighted by Crippen LogP contribution is -2.57. The number of nitrogens with zero attached hydrogens (tertiary/aromatic N) is 1. The van der Waals surface area contributed by atoms with Gasteiger partial charge < -0.3 is 35.3 Å². The zero-order valence-electron chi connectivity index (χ0n) is 21.5. The largest absolute Gasteiger partial charge is 0.493 e. The monoisotopic (exact) mass is 505 g/mol. The molecule has 36 heavy (non-hydrogen) atoms. The minimum Gasteiger partial charge on any atom is -0.493 e. The second kappa shape index (κ2) is 12.8. The van der Waals surface area contributed by atoms with E-state index in [1.54, 1.807) is 19.1 Å². The number of benzene rings is 1. The van der Waals surface area contributed by atoms with Gasteiger partial charge in [0.2, 0.25) is 23.5 Å². The van der Waals surface area contributed by atoms with Gasteiger partial charge in [0, 0.05) is 6.54 Å². The summed E-state index contributed by atoms with van der Waals surface area (Å²) < 4.78 is 16.6. The normalized spacial score (nSPS) is 20.2. The number of hydrogen-bond acceptors (Lipinski definition) is 7. The van der Waals surface area contributed by atoms with Crippen molar-refractivity contribution in [1.82, 2.24) is 10.2 Å². The van der Waals surface area contributed by atoms with E-state index in [0.29, 0.717) is 30.2 Å². The first-order valence-electron chi connectivity index (χ1n) is 12.7. The van der Waals surface area contributed by atoms with Crippen molar-refractivity contribution < 1.29 is 33.7 Å². The fourth-order valence-corrected chi connectivity index (χ4v) is 5.49. The number of nitrogens with one attached hydrogen (secondary N) is 1. The third-order valence-electron chi connectivity index (χ3n) is 7.36. The molecule has 1 saturated heterocycles. The SMILES string of the molecule is COc1cc([C@@H](C(=O)N2CCCCC2C(=O)N[C@H](CO)C(N)=O)C2CCCCC2)cc(OC)c1OC. The molecule has 3 atom stereocenters. The second-order valence-electron chi connectivity index (χ2n) is 9.52. The Morgan fingerprint density at radius 1 is 1.00 bits per heavy atom. The van der Waals surface area contributed by atoms with E-state index in [1.165, 1.54) is 7.11 Å². The molecule has 10 nitrogen and oxygen atoms in total. The number of aliphatic hydroxyl groups is 1. The van der Waals surface area contributed by atoms with Crippen molar-refractivity contribution in [2.75, 3.05) is 34.5 Å². The molecule has 4 N–H and O–H groups in total. The van der Waals surface area contributed by atoms with Gasteiger partial charge in [-0.3, -0.25) is 14.4 Å². The summed E-state index contributed by atoms with van der Waals surface area (Å²) in [7, 11) is 4.62. The van der Waals surface area contributed by atoms with Gasteiger partial charge in [-0.2, -0.15) is 0 Å². The molecule has 1 saturated carbocycles. The van der Waals surface area contributed by atoms with Gasteiger partial charge in [-0.25, -0.2) is 0 Å². The molecule has 0 bridgehead atoms. The summed E-state index contributed by atoms with van der Waals surface area (Å²) in [6, 6.07) is 1.71. The summed E-state index contributed by atoms with van der Waals surface area (Å²) in [4.78, 5) is 40.6. The highest BCUT2D eigenvalue weighted by Crippen LogP contribution is 2.45. The van der Waals surface area contributed by atoms with Gasteiger partial charge in [0.15, 0.2) is 11.5 Å². The molecule has 10 heteroatoms. The summed E-state index contributed by atoms with van der Waals surface area (Å²) in [6.45, 7) is -0.164. The number of methoxy groups -OCH3 is 3. The molecule has 0 radical (unpaired) electrons. The molecule has 3 rings (SSSR count). The summed E-state index contributed by atoms with van der Waals surface area (Å²) in [6.07, 6.45) is 7.07. The zero-order chi connectivity index (χ0) is 26.2. The van der Waals surface area contributed by atoms with Crippen LogP contribution >= 0.6 is 0 Å². The van der Waals surface area contributed by atoms with Crippen LogP contribution in [0, 0.1) is 5.92 Å². The number of amides is 3. The zero-order valence-corrected chi connectivity index (χ0v) is 21.5. The highest BCUT2D eigenvalue weighted by atomic mass is 16.5. The van der Waals surface area contributed by atoms with Crippen molar-refractivity contribution in [1.29, 1.82) is 0 Å². The van der Waals surface area contributed by atoms with E-state index in [9.17, 15) is 19.5 Å². The number of carbonyl (C=O) groups is 3. The molecular weight excluding hydrogens is 466 g/mol. The van der Waals surface area contributed by atoms with Crippen LogP contribution in [0.1, 0.15) is 62.8 Å². The lowest BCUT2D eigenvalue weighted by atomic mass is 9.75. The Morgan fingerprint density at radius 3 is 2.14 bits per heavy atom. The molecule has 3 amide bonds. The third-order valence-corrected chi connectivity index (χ3v) is 7.36. The van der Waals surface area contributed by atoms with Crippen molar-refractivity contribution in [2.45, 2.75) is 69.4 Å². The smallest absolute Gasteiger partial charge is 0.243 e. The maximum Gasteiger partial charge on any atom is 0.243 e. The molecular formula is C26H39N3O7. The first-order chi connectivity index (χ1) is 17.4. The average molecular weight is 506 g/mol. The lowest BCUT2D eigenvalue weighted by Gasteiger charge is -2.40. The van der Waals surface area contributed by atoms with Gasteiger partial charge in [0.05, 0.1) is 33.9 Å². The van der Waals surface area contributed by atoms with Crippen molar-refractivity contribution >= 4 is 17.7 Å². The fraction of sp³-hybridized carbons (Fsp3) is 0.654. The van der Waals surface area contributed by atoms with Crippen LogP contribution < -0.4 is 25.3 Å². The van der Waals surface area contributed by atoms with Crippen LogP contribution in [0.2, 0.25) is 0 Å². The van der Waals surface area contributed by atoms with E-state index in [-0.39, 0.29) is 11.8 Å². The quantitative estimate of drug-likeness (QED) is 0.440. The number of likely N-dealkylation sites (tertiary alicyclic amines) is 1. The maximum absolute atomic E-state index is 14.2. The van der Waals surface area contributed by atoms with E-state index < -0.39 is 36.4 Å². The third kappa shape index (κ3) is 6.03. The van der Waals surface area contributed by atoms with E-state index in [0.717, 1.165) is 50.5 Å². The molecule has 2 fully saturated rings. The highest BCUT2D eigenvalue weighted by molar-refractivity contribution is 5.93. The molecule has 1 aromatic carbocycles. The Balaban J connectivity index is 1.99. The summed E-state index contributed by atoms with van der Waals surface area (Å²) in [5.41, 5.74) is 6.05. The number of aliphatic hydroxyl groups excluding tert-OH is 1. The molecule has 0 aromatic heterocycles. The van der Waals surface area contributed by atoms with Gasteiger partial charge >= 0.3 is 0 Å². The number of rotatable bonds is 10. The van der Waals surface area contributed by atoms with E-state index >= 15 is 0 Å². The van der Waals surface area contributed by atoms with Gasteiger partial charge in [-0.05, 0) is 55.7 Å². The summed E-state index contributed by atoms with van der Waals surface area (Å²) >= 11 is 0. The number of carbonyl (C=O) groups excluding carboxylic acids is 3.